The average molecular weight is 764 g/mol. The Bertz CT molecular complexity index is 3610. The second-order valence-electron chi connectivity index (χ2n) is 15.7. The van der Waals surface area contributed by atoms with Gasteiger partial charge in [-0.3, -0.25) is 0 Å². The summed E-state index contributed by atoms with van der Waals surface area (Å²) in [6.45, 7) is 0. The van der Waals surface area contributed by atoms with Gasteiger partial charge < -0.3 is 9.32 Å². The third-order valence-corrected chi connectivity index (χ3v) is 12.2. The first kappa shape index (κ1) is 34.1. The Morgan fingerprint density at radius 3 is 1.57 bits per heavy atom. The highest BCUT2D eigenvalue weighted by Gasteiger charge is 2.20. The van der Waals surface area contributed by atoms with Gasteiger partial charge in [-0.1, -0.05) is 176 Å². The lowest BCUT2D eigenvalue weighted by molar-refractivity contribution is 0.669. The molecule has 0 saturated carbocycles. The summed E-state index contributed by atoms with van der Waals surface area (Å²) in [6, 6.07) is 81.3. The van der Waals surface area contributed by atoms with Crippen molar-refractivity contribution in [2.75, 3.05) is 4.90 Å². The standard InChI is InChI=1S/C58H37NO/c1-3-17-48-40(12-1)33-34-52-49(20-9-21-51(48)52)41-27-25-38(26-28-41)43-13-7-15-46(35-43)59(55-22-10-24-57-58(55)53-19-5-6-23-56(53)60-57)47-16-8-14-44(36-47)45-32-31-42-30-29-39-11-2-4-18-50(39)54(42)37-45/h1-37H. The molecule has 0 saturated heterocycles. The van der Waals surface area contributed by atoms with Crippen LogP contribution in [0.3, 0.4) is 0 Å². The highest BCUT2D eigenvalue weighted by molar-refractivity contribution is 6.14. The van der Waals surface area contributed by atoms with E-state index < -0.39 is 0 Å². The number of hydrogen-bond acceptors (Lipinski definition) is 2. The lowest BCUT2D eigenvalue weighted by Gasteiger charge is -2.27. The molecule has 0 fully saturated rings. The van der Waals surface area contributed by atoms with Crippen LogP contribution in [0.25, 0.3) is 98.4 Å². The minimum Gasteiger partial charge on any atom is -0.456 e. The maximum absolute atomic E-state index is 6.45. The van der Waals surface area contributed by atoms with E-state index in [1.54, 1.807) is 0 Å². The number of rotatable bonds is 6. The zero-order valence-electron chi connectivity index (χ0n) is 32.7. The van der Waals surface area contributed by atoms with Crippen molar-refractivity contribution in [1.82, 2.24) is 0 Å². The number of para-hydroxylation sites is 1. The molecule has 11 aromatic carbocycles. The lowest BCUT2D eigenvalue weighted by atomic mass is 9.93. The second-order valence-corrected chi connectivity index (χ2v) is 15.7. The Morgan fingerprint density at radius 2 is 0.800 bits per heavy atom. The molecule has 0 atom stereocenters. The van der Waals surface area contributed by atoms with Gasteiger partial charge in [0.05, 0.1) is 11.1 Å². The quantitative estimate of drug-likeness (QED) is 0.157. The third-order valence-electron chi connectivity index (χ3n) is 12.2. The van der Waals surface area contributed by atoms with Crippen molar-refractivity contribution in [3.05, 3.63) is 224 Å². The van der Waals surface area contributed by atoms with Crippen LogP contribution < -0.4 is 4.90 Å². The summed E-state index contributed by atoms with van der Waals surface area (Å²) in [4.78, 5) is 2.39. The number of benzene rings is 11. The summed E-state index contributed by atoms with van der Waals surface area (Å²) in [7, 11) is 0. The number of anilines is 3. The molecule has 60 heavy (non-hydrogen) atoms. The van der Waals surface area contributed by atoms with Gasteiger partial charge >= 0.3 is 0 Å². The first-order valence-corrected chi connectivity index (χ1v) is 20.6. The monoisotopic (exact) mass is 763 g/mol. The zero-order valence-corrected chi connectivity index (χ0v) is 32.7. The van der Waals surface area contributed by atoms with Gasteiger partial charge in [-0.25, -0.2) is 0 Å². The molecule has 0 unspecified atom stereocenters. The van der Waals surface area contributed by atoms with Gasteiger partial charge in [0, 0.05) is 16.8 Å². The Balaban J connectivity index is 0.986. The molecule has 2 heteroatoms. The van der Waals surface area contributed by atoms with Crippen LogP contribution in [-0.4, -0.2) is 0 Å². The molecule has 1 heterocycles. The minimum absolute atomic E-state index is 0.865. The molecule has 1 aromatic heterocycles. The fourth-order valence-electron chi connectivity index (χ4n) is 9.33. The maximum atomic E-state index is 6.45. The molecule has 0 spiro atoms. The van der Waals surface area contributed by atoms with Gasteiger partial charge in [0.15, 0.2) is 0 Å². The molecule has 2 nitrogen and oxygen atoms in total. The highest BCUT2D eigenvalue weighted by Crippen LogP contribution is 2.45. The Hall–Kier alpha value is -7.94. The Kier molecular flexibility index (Phi) is 7.89. The van der Waals surface area contributed by atoms with Crippen LogP contribution >= 0.6 is 0 Å². The van der Waals surface area contributed by atoms with E-state index in [4.69, 9.17) is 4.42 Å². The van der Waals surface area contributed by atoms with E-state index in [1.165, 1.54) is 59.8 Å². The van der Waals surface area contributed by atoms with Crippen LogP contribution in [0, 0.1) is 0 Å². The van der Waals surface area contributed by atoms with Crippen molar-refractivity contribution in [3.63, 3.8) is 0 Å². The predicted molar refractivity (Wildman–Crippen MR) is 255 cm³/mol. The van der Waals surface area contributed by atoms with Crippen LogP contribution in [0.4, 0.5) is 17.1 Å². The molecule has 12 rings (SSSR count). The summed E-state index contributed by atoms with van der Waals surface area (Å²) in [5.74, 6) is 0. The lowest BCUT2D eigenvalue weighted by Crippen LogP contribution is -2.10. The van der Waals surface area contributed by atoms with Crippen molar-refractivity contribution >= 4 is 82.1 Å². The largest absolute Gasteiger partial charge is 0.456 e. The van der Waals surface area contributed by atoms with Gasteiger partial charge in [0.1, 0.15) is 11.2 Å². The number of furan rings is 1. The predicted octanol–water partition coefficient (Wildman–Crippen LogP) is 16.7. The summed E-state index contributed by atoms with van der Waals surface area (Å²) >= 11 is 0. The van der Waals surface area contributed by atoms with Crippen molar-refractivity contribution in [2.24, 2.45) is 0 Å². The third kappa shape index (κ3) is 5.65. The molecule has 0 amide bonds. The summed E-state index contributed by atoms with van der Waals surface area (Å²) < 4.78 is 6.45. The molecular weight excluding hydrogens is 727 g/mol. The molecule has 0 bridgehead atoms. The van der Waals surface area contributed by atoms with E-state index in [2.05, 4.69) is 223 Å². The van der Waals surface area contributed by atoms with Gasteiger partial charge in [0.25, 0.3) is 0 Å². The van der Waals surface area contributed by atoms with Crippen LogP contribution in [0.2, 0.25) is 0 Å². The van der Waals surface area contributed by atoms with Crippen LogP contribution in [0.15, 0.2) is 229 Å². The fraction of sp³-hybridized carbons (Fsp3) is 0. The molecule has 0 aliphatic rings. The minimum atomic E-state index is 0.865. The molecular formula is C58H37NO. The molecule has 0 aliphatic heterocycles. The second kappa shape index (κ2) is 13.9. The van der Waals surface area contributed by atoms with Crippen molar-refractivity contribution < 1.29 is 4.42 Å². The number of nitrogens with zero attached hydrogens (tertiary/aromatic N) is 1. The van der Waals surface area contributed by atoms with E-state index >= 15 is 0 Å². The van der Waals surface area contributed by atoms with Crippen LogP contribution in [0.5, 0.6) is 0 Å². The van der Waals surface area contributed by atoms with Crippen molar-refractivity contribution in [3.8, 4) is 33.4 Å². The van der Waals surface area contributed by atoms with E-state index in [0.717, 1.165) is 55.7 Å². The molecule has 0 radical (unpaired) electrons. The van der Waals surface area contributed by atoms with Gasteiger partial charge in [-0.2, -0.15) is 0 Å². The number of fused-ring (bicyclic) bond motifs is 9. The SMILES string of the molecule is c1cc(-c2ccc(-c3cccc4c3ccc3ccccc34)cc2)cc(N(c2cccc(-c3ccc4ccc5ccccc5c4c3)c2)c2cccc3oc4ccccc4c23)c1. The Morgan fingerprint density at radius 1 is 0.283 bits per heavy atom. The average Bonchev–Trinajstić information content (AvgIpc) is 3.71. The molecule has 0 N–H and O–H groups in total. The highest BCUT2D eigenvalue weighted by atomic mass is 16.3. The number of hydrogen-bond donors (Lipinski definition) is 0. The van der Waals surface area contributed by atoms with E-state index in [1.807, 2.05) is 6.07 Å². The summed E-state index contributed by atoms with van der Waals surface area (Å²) in [6.07, 6.45) is 0. The normalized spacial score (nSPS) is 11.7. The Labute approximate surface area is 347 Å². The molecule has 0 aliphatic carbocycles. The first-order chi connectivity index (χ1) is 29.7. The summed E-state index contributed by atoms with van der Waals surface area (Å²) in [5, 5.41) is 12.3. The topological polar surface area (TPSA) is 16.4 Å². The van der Waals surface area contributed by atoms with Gasteiger partial charge in [0.2, 0.25) is 0 Å². The zero-order chi connectivity index (χ0) is 39.6. The summed E-state index contributed by atoms with van der Waals surface area (Å²) in [5.41, 5.74) is 12.0. The fourth-order valence-corrected chi connectivity index (χ4v) is 9.33. The van der Waals surface area contributed by atoms with Crippen molar-refractivity contribution in [1.29, 1.82) is 0 Å². The van der Waals surface area contributed by atoms with Crippen LogP contribution in [0.1, 0.15) is 0 Å². The molecule has 280 valence electrons. The first-order valence-electron chi connectivity index (χ1n) is 20.6. The van der Waals surface area contributed by atoms with E-state index in [0.29, 0.717) is 0 Å². The maximum Gasteiger partial charge on any atom is 0.137 e. The molecule has 12 aromatic rings. The van der Waals surface area contributed by atoms with E-state index in [9.17, 15) is 0 Å². The smallest absolute Gasteiger partial charge is 0.137 e. The van der Waals surface area contributed by atoms with E-state index in [-0.39, 0.29) is 0 Å². The van der Waals surface area contributed by atoms with Crippen molar-refractivity contribution in [2.45, 2.75) is 0 Å². The van der Waals surface area contributed by atoms with Gasteiger partial charge in [-0.05, 0) is 125 Å². The van der Waals surface area contributed by atoms with Gasteiger partial charge in [-0.15, -0.1) is 0 Å². The van der Waals surface area contributed by atoms with Crippen LogP contribution in [-0.2, 0) is 0 Å².